The normalized spacial score (nSPS) is 11.7. The highest BCUT2D eigenvalue weighted by Gasteiger charge is 2.19. The zero-order valence-electron chi connectivity index (χ0n) is 16.8. The highest BCUT2D eigenvalue weighted by atomic mass is 32.1. The molecule has 0 unspecified atom stereocenters. The van der Waals surface area contributed by atoms with Crippen LogP contribution in [0.2, 0.25) is 0 Å². The van der Waals surface area contributed by atoms with Gasteiger partial charge < -0.3 is 18.9 Å². The molecule has 2 aromatic carbocycles. The van der Waals surface area contributed by atoms with E-state index in [-0.39, 0.29) is 5.56 Å². The van der Waals surface area contributed by atoms with Gasteiger partial charge in [0, 0.05) is 5.56 Å². The fourth-order valence-electron chi connectivity index (χ4n) is 3.14. The molecule has 0 aliphatic rings. The van der Waals surface area contributed by atoms with Gasteiger partial charge in [-0.05, 0) is 35.9 Å². The third-order valence-electron chi connectivity index (χ3n) is 4.56. The maximum Gasteiger partial charge on any atom is 0.276 e. The first-order chi connectivity index (χ1) is 14.6. The van der Waals surface area contributed by atoms with Crippen molar-refractivity contribution >= 4 is 22.4 Å². The summed E-state index contributed by atoms with van der Waals surface area (Å²) < 4.78 is 23.5. The average molecular weight is 425 g/mol. The standard InChI is InChI=1S/C21H19N3O5S/c1-26-14-7-5-6-12(8-14)9-17-20(25)24-19(22-23-21(24)30-17)13-10-15(27-2)18(29-4)16(11-13)28-3/h5-11H,1-4H3/b17-9-. The van der Waals surface area contributed by atoms with Crippen molar-refractivity contribution in [2.24, 2.45) is 0 Å². The second-order valence-corrected chi connectivity index (χ2v) is 7.26. The molecule has 0 saturated carbocycles. The van der Waals surface area contributed by atoms with Gasteiger partial charge in [-0.25, -0.2) is 4.40 Å². The van der Waals surface area contributed by atoms with E-state index in [2.05, 4.69) is 10.2 Å². The molecular formula is C21H19N3O5S. The molecule has 154 valence electrons. The number of fused-ring (bicyclic) bond motifs is 1. The van der Waals surface area contributed by atoms with Crippen LogP contribution in [0.5, 0.6) is 23.0 Å². The largest absolute Gasteiger partial charge is 0.497 e. The molecule has 9 heteroatoms. The maximum absolute atomic E-state index is 13.1. The van der Waals surface area contributed by atoms with E-state index in [1.807, 2.05) is 30.3 Å². The zero-order chi connectivity index (χ0) is 21.3. The molecule has 0 bridgehead atoms. The Kier molecular flexibility index (Phi) is 5.28. The molecule has 0 spiro atoms. The summed E-state index contributed by atoms with van der Waals surface area (Å²) in [7, 11) is 6.20. The van der Waals surface area contributed by atoms with Gasteiger partial charge in [0.15, 0.2) is 17.3 Å². The third-order valence-corrected chi connectivity index (χ3v) is 5.52. The summed E-state index contributed by atoms with van der Waals surface area (Å²) >= 11 is 1.27. The molecule has 0 fully saturated rings. The highest BCUT2D eigenvalue weighted by Crippen LogP contribution is 2.40. The first-order valence-corrected chi connectivity index (χ1v) is 9.75. The number of rotatable bonds is 6. The zero-order valence-corrected chi connectivity index (χ0v) is 17.6. The summed E-state index contributed by atoms with van der Waals surface area (Å²) in [6, 6.07) is 11.0. The van der Waals surface area contributed by atoms with Gasteiger partial charge in [0.2, 0.25) is 10.7 Å². The summed E-state index contributed by atoms with van der Waals surface area (Å²) in [5, 5.41) is 8.39. The van der Waals surface area contributed by atoms with Crippen LogP contribution in [0, 0.1) is 0 Å². The third kappa shape index (κ3) is 3.33. The van der Waals surface area contributed by atoms with Crippen molar-refractivity contribution in [3.05, 3.63) is 56.8 Å². The number of thiazole rings is 1. The Balaban J connectivity index is 1.89. The van der Waals surface area contributed by atoms with E-state index in [0.717, 1.165) is 11.3 Å². The minimum atomic E-state index is -0.202. The van der Waals surface area contributed by atoms with Gasteiger partial charge >= 0.3 is 0 Å². The van der Waals surface area contributed by atoms with E-state index in [4.69, 9.17) is 18.9 Å². The first-order valence-electron chi connectivity index (χ1n) is 8.93. The number of nitrogens with zero attached hydrogens (tertiary/aromatic N) is 3. The molecule has 4 rings (SSSR count). The van der Waals surface area contributed by atoms with Gasteiger partial charge in [0.25, 0.3) is 5.56 Å². The summed E-state index contributed by atoms with van der Waals surface area (Å²) in [5.41, 5.74) is 1.28. The molecule has 4 aromatic rings. The lowest BCUT2D eigenvalue weighted by molar-refractivity contribution is 0.324. The van der Waals surface area contributed by atoms with Gasteiger partial charge in [-0.15, -0.1) is 10.2 Å². The van der Waals surface area contributed by atoms with Crippen molar-refractivity contribution in [2.45, 2.75) is 0 Å². The molecule has 0 aliphatic heterocycles. The van der Waals surface area contributed by atoms with Crippen LogP contribution < -0.4 is 29.0 Å². The van der Waals surface area contributed by atoms with Crippen molar-refractivity contribution in [3.8, 4) is 34.4 Å². The number of hydrogen-bond acceptors (Lipinski definition) is 8. The number of methoxy groups -OCH3 is 4. The van der Waals surface area contributed by atoms with E-state index in [1.165, 1.54) is 37.1 Å². The maximum atomic E-state index is 13.1. The summed E-state index contributed by atoms with van der Waals surface area (Å²) in [6.45, 7) is 0. The molecule has 30 heavy (non-hydrogen) atoms. The fourth-order valence-corrected chi connectivity index (χ4v) is 4.05. The van der Waals surface area contributed by atoms with Gasteiger partial charge in [-0.1, -0.05) is 23.5 Å². The molecule has 2 aromatic heterocycles. The molecule has 0 atom stereocenters. The molecule has 0 radical (unpaired) electrons. The number of hydrogen-bond donors (Lipinski definition) is 0. The lowest BCUT2D eigenvalue weighted by Crippen LogP contribution is -2.23. The molecular weight excluding hydrogens is 406 g/mol. The van der Waals surface area contributed by atoms with Crippen LogP contribution in [-0.4, -0.2) is 43.0 Å². The minimum Gasteiger partial charge on any atom is -0.497 e. The van der Waals surface area contributed by atoms with Crippen molar-refractivity contribution < 1.29 is 18.9 Å². The van der Waals surface area contributed by atoms with Crippen molar-refractivity contribution in [3.63, 3.8) is 0 Å². The lowest BCUT2D eigenvalue weighted by atomic mass is 10.1. The number of ether oxygens (including phenoxy) is 4. The molecule has 2 heterocycles. The van der Waals surface area contributed by atoms with Gasteiger partial charge in [0.05, 0.1) is 33.0 Å². The fraction of sp³-hybridized carbons (Fsp3) is 0.190. The SMILES string of the molecule is COc1cccc(/C=c2\sc3nnc(-c4cc(OC)c(OC)c(OC)c4)n3c2=O)c1. The Morgan fingerprint density at radius 3 is 2.30 bits per heavy atom. The Morgan fingerprint density at radius 2 is 1.67 bits per heavy atom. The molecule has 0 amide bonds. The van der Waals surface area contributed by atoms with Gasteiger partial charge in [-0.3, -0.25) is 4.79 Å². The van der Waals surface area contributed by atoms with Crippen LogP contribution in [-0.2, 0) is 0 Å². The Hall–Kier alpha value is -3.59. The molecule has 0 saturated heterocycles. The van der Waals surface area contributed by atoms with Crippen LogP contribution in [0.1, 0.15) is 5.56 Å². The average Bonchev–Trinajstić information content (AvgIpc) is 3.33. The van der Waals surface area contributed by atoms with Crippen molar-refractivity contribution in [1.29, 1.82) is 0 Å². The molecule has 0 aliphatic carbocycles. The second-order valence-electron chi connectivity index (χ2n) is 6.25. The van der Waals surface area contributed by atoms with E-state index in [9.17, 15) is 4.79 Å². The van der Waals surface area contributed by atoms with E-state index < -0.39 is 0 Å². The van der Waals surface area contributed by atoms with Crippen LogP contribution in [0.4, 0.5) is 0 Å². The van der Waals surface area contributed by atoms with Crippen LogP contribution in [0.3, 0.4) is 0 Å². The van der Waals surface area contributed by atoms with E-state index >= 15 is 0 Å². The predicted octanol–water partition coefficient (Wildman–Crippen LogP) is 2.40. The first kappa shape index (κ1) is 19.7. The highest BCUT2D eigenvalue weighted by molar-refractivity contribution is 7.15. The second kappa shape index (κ2) is 8.03. The van der Waals surface area contributed by atoms with Crippen molar-refractivity contribution in [2.75, 3.05) is 28.4 Å². The molecule has 0 N–H and O–H groups in total. The monoisotopic (exact) mass is 425 g/mol. The smallest absolute Gasteiger partial charge is 0.276 e. The lowest BCUT2D eigenvalue weighted by Gasteiger charge is -2.13. The Labute approximate surface area is 175 Å². The van der Waals surface area contributed by atoms with Crippen LogP contribution in [0.25, 0.3) is 22.4 Å². The topological polar surface area (TPSA) is 84.2 Å². The predicted molar refractivity (Wildman–Crippen MR) is 114 cm³/mol. The Morgan fingerprint density at radius 1 is 0.933 bits per heavy atom. The van der Waals surface area contributed by atoms with Gasteiger partial charge in [-0.2, -0.15) is 0 Å². The van der Waals surface area contributed by atoms with E-state index in [1.54, 1.807) is 19.2 Å². The number of benzene rings is 2. The number of aromatic nitrogens is 3. The van der Waals surface area contributed by atoms with Crippen LogP contribution in [0.15, 0.2) is 41.2 Å². The minimum absolute atomic E-state index is 0.202. The van der Waals surface area contributed by atoms with Crippen LogP contribution >= 0.6 is 11.3 Å². The van der Waals surface area contributed by atoms with Crippen molar-refractivity contribution in [1.82, 2.24) is 14.6 Å². The summed E-state index contributed by atoms with van der Waals surface area (Å²) in [4.78, 5) is 13.6. The van der Waals surface area contributed by atoms with E-state index in [0.29, 0.717) is 38.1 Å². The van der Waals surface area contributed by atoms with Gasteiger partial charge in [0.1, 0.15) is 5.75 Å². The Bertz CT molecular complexity index is 1300. The summed E-state index contributed by atoms with van der Waals surface area (Å²) in [6.07, 6.45) is 1.81. The quantitative estimate of drug-likeness (QED) is 0.469. The molecule has 8 nitrogen and oxygen atoms in total. The summed E-state index contributed by atoms with van der Waals surface area (Å²) in [5.74, 6) is 2.52.